The van der Waals surface area contributed by atoms with Crippen LogP contribution >= 0.6 is 11.8 Å². The number of rotatable bonds is 7. The van der Waals surface area contributed by atoms with Gasteiger partial charge in [0.15, 0.2) is 0 Å². The van der Waals surface area contributed by atoms with E-state index in [-0.39, 0.29) is 23.4 Å². The minimum Gasteiger partial charge on any atom is -0.361 e. The maximum Gasteiger partial charge on any atom is 0.256 e. The molecule has 31 heavy (non-hydrogen) atoms. The molecule has 2 aromatic carbocycles. The molecule has 0 unspecified atom stereocenters. The number of benzene rings is 2. The Morgan fingerprint density at radius 3 is 2.65 bits per heavy atom. The Kier molecular flexibility index (Phi) is 6.08. The standard InChI is InChI=1S/C23H22FN3O3S/c1-13-18(14(2)30-27-13)12-31-21-6-4-3-5-17(21)23(29)25-16-9-10-19(24)20(11-16)26-22(28)15-7-8-15/h3-6,9-11,15H,7-8,12H2,1-2H3,(H,25,29)(H,26,28). The molecule has 0 spiro atoms. The van der Waals surface area contributed by atoms with Crippen molar-refractivity contribution in [2.45, 2.75) is 37.3 Å². The molecule has 2 amide bonds. The molecular formula is C23H22FN3O3S. The van der Waals surface area contributed by atoms with E-state index in [4.69, 9.17) is 4.52 Å². The van der Waals surface area contributed by atoms with Crippen LogP contribution in [0.1, 0.15) is 40.2 Å². The van der Waals surface area contributed by atoms with Gasteiger partial charge in [0.2, 0.25) is 5.91 Å². The number of aromatic nitrogens is 1. The fourth-order valence-electron chi connectivity index (χ4n) is 3.12. The third-order valence-electron chi connectivity index (χ3n) is 5.12. The zero-order valence-corrected chi connectivity index (χ0v) is 18.0. The van der Waals surface area contributed by atoms with Crippen LogP contribution in [0.3, 0.4) is 0 Å². The van der Waals surface area contributed by atoms with E-state index >= 15 is 0 Å². The van der Waals surface area contributed by atoms with Crippen LogP contribution in [0.2, 0.25) is 0 Å². The number of amides is 2. The number of nitrogens with zero attached hydrogens (tertiary/aromatic N) is 1. The maximum absolute atomic E-state index is 14.1. The fourth-order valence-corrected chi connectivity index (χ4v) is 4.32. The van der Waals surface area contributed by atoms with E-state index in [2.05, 4.69) is 15.8 Å². The smallest absolute Gasteiger partial charge is 0.256 e. The highest BCUT2D eigenvalue weighted by molar-refractivity contribution is 7.98. The summed E-state index contributed by atoms with van der Waals surface area (Å²) < 4.78 is 19.3. The molecular weight excluding hydrogens is 417 g/mol. The minimum atomic E-state index is -0.539. The van der Waals surface area contributed by atoms with Crippen molar-refractivity contribution in [3.63, 3.8) is 0 Å². The third kappa shape index (κ3) is 4.96. The Bertz CT molecular complexity index is 1120. The lowest BCUT2D eigenvalue weighted by atomic mass is 10.2. The summed E-state index contributed by atoms with van der Waals surface area (Å²) in [6.45, 7) is 3.75. The second kappa shape index (κ2) is 8.93. The lowest BCUT2D eigenvalue weighted by Crippen LogP contribution is -2.16. The minimum absolute atomic E-state index is 0.0424. The first kappa shape index (κ1) is 21.1. The van der Waals surface area contributed by atoms with Gasteiger partial charge in [-0.05, 0) is 57.0 Å². The van der Waals surface area contributed by atoms with Gasteiger partial charge in [-0.15, -0.1) is 11.8 Å². The van der Waals surface area contributed by atoms with E-state index in [0.717, 1.165) is 34.8 Å². The number of nitrogens with one attached hydrogen (secondary N) is 2. The molecule has 1 aromatic heterocycles. The molecule has 2 N–H and O–H groups in total. The summed E-state index contributed by atoms with van der Waals surface area (Å²) in [5.74, 6) is 0.302. The maximum atomic E-state index is 14.1. The number of carbonyl (C=O) groups excluding carboxylic acids is 2. The molecule has 1 saturated carbocycles. The highest BCUT2D eigenvalue weighted by atomic mass is 32.2. The molecule has 0 aliphatic heterocycles. The molecule has 0 radical (unpaired) electrons. The van der Waals surface area contributed by atoms with Crippen molar-refractivity contribution in [3.05, 3.63) is 70.9 Å². The summed E-state index contributed by atoms with van der Waals surface area (Å²) in [7, 11) is 0. The molecule has 0 saturated heterocycles. The van der Waals surface area contributed by atoms with Gasteiger partial charge in [-0.3, -0.25) is 9.59 Å². The highest BCUT2D eigenvalue weighted by Crippen LogP contribution is 2.32. The predicted molar refractivity (Wildman–Crippen MR) is 118 cm³/mol. The Balaban J connectivity index is 1.48. The second-order valence-corrected chi connectivity index (χ2v) is 8.52. The van der Waals surface area contributed by atoms with Crippen molar-refractivity contribution >= 4 is 35.0 Å². The summed E-state index contributed by atoms with van der Waals surface area (Å²) >= 11 is 1.52. The first-order chi connectivity index (χ1) is 14.9. The van der Waals surface area contributed by atoms with Crippen molar-refractivity contribution in [3.8, 4) is 0 Å². The molecule has 1 aliphatic carbocycles. The van der Waals surface area contributed by atoms with Gasteiger partial charge in [0.05, 0.1) is 16.9 Å². The largest absolute Gasteiger partial charge is 0.361 e. The zero-order chi connectivity index (χ0) is 22.0. The van der Waals surface area contributed by atoms with Crippen molar-refractivity contribution in [2.75, 3.05) is 10.6 Å². The topological polar surface area (TPSA) is 84.2 Å². The monoisotopic (exact) mass is 439 g/mol. The van der Waals surface area contributed by atoms with Gasteiger partial charge < -0.3 is 15.2 Å². The van der Waals surface area contributed by atoms with Crippen LogP contribution < -0.4 is 10.6 Å². The normalized spacial score (nSPS) is 13.1. The molecule has 0 bridgehead atoms. The SMILES string of the molecule is Cc1noc(C)c1CSc1ccccc1C(=O)Nc1ccc(F)c(NC(=O)C2CC2)c1. The van der Waals surface area contributed by atoms with Crippen LogP contribution in [0, 0.1) is 25.6 Å². The Morgan fingerprint density at radius 1 is 1.16 bits per heavy atom. The first-order valence-electron chi connectivity index (χ1n) is 9.97. The number of hydrogen-bond donors (Lipinski definition) is 2. The summed E-state index contributed by atoms with van der Waals surface area (Å²) in [6.07, 6.45) is 1.65. The van der Waals surface area contributed by atoms with Gasteiger partial charge in [-0.25, -0.2) is 4.39 Å². The van der Waals surface area contributed by atoms with Crippen LogP contribution in [0.25, 0.3) is 0 Å². The van der Waals surface area contributed by atoms with Crippen LogP contribution in [-0.2, 0) is 10.5 Å². The van der Waals surface area contributed by atoms with E-state index < -0.39 is 5.82 Å². The third-order valence-corrected chi connectivity index (χ3v) is 6.22. The van der Waals surface area contributed by atoms with Crippen molar-refractivity contribution in [1.82, 2.24) is 5.16 Å². The van der Waals surface area contributed by atoms with Crippen molar-refractivity contribution in [2.24, 2.45) is 5.92 Å². The Morgan fingerprint density at radius 2 is 1.94 bits per heavy atom. The van der Waals surface area contributed by atoms with Crippen LogP contribution in [0.15, 0.2) is 51.9 Å². The van der Waals surface area contributed by atoms with Crippen molar-refractivity contribution in [1.29, 1.82) is 0 Å². The quantitative estimate of drug-likeness (QED) is 0.487. The first-order valence-corrected chi connectivity index (χ1v) is 11.0. The van der Waals surface area contributed by atoms with Gasteiger partial charge in [-0.1, -0.05) is 17.3 Å². The predicted octanol–water partition coefficient (Wildman–Crippen LogP) is 5.32. The second-order valence-electron chi connectivity index (χ2n) is 7.50. The van der Waals surface area contributed by atoms with Crippen LogP contribution in [-0.4, -0.2) is 17.0 Å². The molecule has 1 heterocycles. The Labute approximate surface area is 183 Å². The van der Waals surface area contributed by atoms with E-state index in [1.54, 1.807) is 12.1 Å². The number of anilines is 2. The average molecular weight is 440 g/mol. The van der Waals surface area contributed by atoms with Crippen molar-refractivity contribution < 1.29 is 18.5 Å². The van der Waals surface area contributed by atoms with Gasteiger partial charge in [0, 0.05) is 27.8 Å². The number of hydrogen-bond acceptors (Lipinski definition) is 5. The van der Waals surface area contributed by atoms with Crippen LogP contribution in [0.5, 0.6) is 0 Å². The average Bonchev–Trinajstić information content (AvgIpc) is 3.56. The van der Waals surface area contributed by atoms with Gasteiger partial charge in [-0.2, -0.15) is 0 Å². The summed E-state index contributed by atoms with van der Waals surface area (Å²) in [6, 6.07) is 11.4. The molecule has 6 nitrogen and oxygen atoms in total. The molecule has 4 rings (SSSR count). The van der Waals surface area contributed by atoms with Gasteiger partial charge >= 0.3 is 0 Å². The van der Waals surface area contributed by atoms with E-state index in [1.807, 2.05) is 26.0 Å². The van der Waals surface area contributed by atoms with Crippen LogP contribution in [0.4, 0.5) is 15.8 Å². The number of aryl methyl sites for hydroxylation is 2. The summed E-state index contributed by atoms with van der Waals surface area (Å²) in [4.78, 5) is 25.7. The van der Waals surface area contributed by atoms with E-state index in [9.17, 15) is 14.0 Å². The number of halogens is 1. The lowest BCUT2D eigenvalue weighted by molar-refractivity contribution is -0.117. The molecule has 0 atom stereocenters. The fraction of sp³-hybridized carbons (Fsp3) is 0.261. The van der Waals surface area contributed by atoms with Gasteiger partial charge in [0.25, 0.3) is 5.91 Å². The number of thioether (sulfide) groups is 1. The van der Waals surface area contributed by atoms with Gasteiger partial charge in [0.1, 0.15) is 11.6 Å². The zero-order valence-electron chi connectivity index (χ0n) is 17.2. The Hall–Kier alpha value is -3.13. The summed E-state index contributed by atoms with van der Waals surface area (Å²) in [5, 5.41) is 9.36. The highest BCUT2D eigenvalue weighted by Gasteiger charge is 2.30. The molecule has 1 fully saturated rings. The molecule has 8 heteroatoms. The summed E-state index contributed by atoms with van der Waals surface area (Å²) in [5.41, 5.74) is 2.82. The molecule has 3 aromatic rings. The van der Waals surface area contributed by atoms with E-state index in [1.165, 1.54) is 30.0 Å². The number of carbonyl (C=O) groups is 2. The molecule has 160 valence electrons. The van der Waals surface area contributed by atoms with E-state index in [0.29, 0.717) is 17.0 Å². The lowest BCUT2D eigenvalue weighted by Gasteiger charge is -2.12. The molecule has 1 aliphatic rings.